The first kappa shape index (κ1) is 18.4. The van der Waals surface area contributed by atoms with E-state index in [2.05, 4.69) is 10.3 Å². The third kappa shape index (κ3) is 3.72. The second-order valence-electron chi connectivity index (χ2n) is 6.51. The molecule has 1 aliphatic heterocycles. The second kappa shape index (κ2) is 7.86. The molecule has 1 fully saturated rings. The van der Waals surface area contributed by atoms with Gasteiger partial charge in [0.25, 0.3) is 5.91 Å². The summed E-state index contributed by atoms with van der Waals surface area (Å²) in [4.78, 5) is 31.6. The highest BCUT2D eigenvalue weighted by Crippen LogP contribution is 2.33. The summed E-state index contributed by atoms with van der Waals surface area (Å²) in [6.07, 6.45) is 1.39. The van der Waals surface area contributed by atoms with Crippen LogP contribution in [0.2, 0.25) is 0 Å². The number of aromatic nitrogens is 1. The van der Waals surface area contributed by atoms with Crippen molar-refractivity contribution in [2.24, 2.45) is 0 Å². The predicted octanol–water partition coefficient (Wildman–Crippen LogP) is 3.33. The number of hydrogen-bond donors (Lipinski definition) is 1. The van der Waals surface area contributed by atoms with Crippen molar-refractivity contribution in [2.45, 2.75) is 39.2 Å². The Morgan fingerprint density at radius 1 is 1.38 bits per heavy atom. The van der Waals surface area contributed by atoms with Gasteiger partial charge in [-0.15, -0.1) is 0 Å². The van der Waals surface area contributed by atoms with Gasteiger partial charge in [-0.3, -0.25) is 14.5 Å². The van der Waals surface area contributed by atoms with Crippen LogP contribution in [0.1, 0.15) is 53.5 Å². The molecule has 0 atom stereocenters. The van der Waals surface area contributed by atoms with Crippen LogP contribution < -0.4 is 15.0 Å². The molecule has 26 heavy (non-hydrogen) atoms. The van der Waals surface area contributed by atoms with Crippen molar-refractivity contribution in [3.63, 3.8) is 0 Å². The van der Waals surface area contributed by atoms with Gasteiger partial charge in [0, 0.05) is 25.1 Å². The quantitative estimate of drug-likeness (QED) is 0.843. The van der Waals surface area contributed by atoms with Gasteiger partial charge in [0.2, 0.25) is 5.91 Å². The zero-order valence-corrected chi connectivity index (χ0v) is 16.1. The Bertz CT molecular complexity index is 816. The second-order valence-corrected chi connectivity index (χ2v) is 7.49. The van der Waals surface area contributed by atoms with Crippen LogP contribution in [0.3, 0.4) is 0 Å². The zero-order valence-electron chi connectivity index (χ0n) is 15.2. The Morgan fingerprint density at radius 3 is 2.81 bits per heavy atom. The number of amides is 2. The van der Waals surface area contributed by atoms with Crippen LogP contribution in [-0.4, -0.2) is 30.5 Å². The minimum absolute atomic E-state index is 0.0787. The molecule has 2 amide bonds. The van der Waals surface area contributed by atoms with Gasteiger partial charge in [-0.25, -0.2) is 4.98 Å². The molecular formula is C19H23N3O3S. The third-order valence-corrected chi connectivity index (χ3v) is 5.42. The van der Waals surface area contributed by atoms with Gasteiger partial charge in [0.15, 0.2) is 5.13 Å². The molecule has 0 unspecified atom stereocenters. The van der Waals surface area contributed by atoms with Gasteiger partial charge in [0.05, 0.1) is 12.8 Å². The van der Waals surface area contributed by atoms with Gasteiger partial charge in [-0.2, -0.15) is 0 Å². The van der Waals surface area contributed by atoms with E-state index in [9.17, 15) is 9.59 Å². The molecule has 2 heterocycles. The van der Waals surface area contributed by atoms with E-state index in [1.54, 1.807) is 12.0 Å². The lowest BCUT2D eigenvalue weighted by molar-refractivity contribution is -0.117. The Balaban J connectivity index is 1.79. The van der Waals surface area contributed by atoms with Crippen LogP contribution in [0.25, 0.3) is 0 Å². The molecule has 6 nitrogen and oxygen atoms in total. The topological polar surface area (TPSA) is 71.5 Å². The molecule has 0 radical (unpaired) electrons. The number of hydrogen-bond acceptors (Lipinski definition) is 5. The summed E-state index contributed by atoms with van der Waals surface area (Å²) >= 11 is 1.29. The molecule has 1 N–H and O–H groups in total. The molecule has 2 aromatic rings. The van der Waals surface area contributed by atoms with Crippen molar-refractivity contribution < 1.29 is 14.3 Å². The van der Waals surface area contributed by atoms with Crippen molar-refractivity contribution >= 4 is 28.3 Å². The standard InChI is InChI=1S/C19H23N3O3S/c1-12(2)16-17(26-19(21-16)22-10-6-9-15(22)23)18(24)20-11-13-7-4-5-8-14(13)25-3/h4-5,7-8,12H,6,9-11H2,1-3H3,(H,20,24). The highest BCUT2D eigenvalue weighted by Gasteiger charge is 2.28. The van der Waals surface area contributed by atoms with Crippen molar-refractivity contribution in [3.8, 4) is 5.75 Å². The van der Waals surface area contributed by atoms with Crippen LogP contribution in [0, 0.1) is 0 Å². The van der Waals surface area contributed by atoms with E-state index in [1.165, 1.54) is 11.3 Å². The van der Waals surface area contributed by atoms with E-state index < -0.39 is 0 Å². The summed E-state index contributed by atoms with van der Waals surface area (Å²) in [5, 5.41) is 3.57. The first-order chi connectivity index (χ1) is 12.5. The van der Waals surface area contributed by atoms with E-state index in [0.29, 0.717) is 29.5 Å². The Morgan fingerprint density at radius 2 is 2.15 bits per heavy atom. The Kier molecular flexibility index (Phi) is 5.56. The molecule has 1 saturated heterocycles. The maximum absolute atomic E-state index is 12.8. The van der Waals surface area contributed by atoms with Crippen LogP contribution in [0.15, 0.2) is 24.3 Å². The number of nitrogens with zero attached hydrogens (tertiary/aromatic N) is 2. The van der Waals surface area contributed by atoms with Crippen molar-refractivity contribution in [1.82, 2.24) is 10.3 Å². The summed E-state index contributed by atoms with van der Waals surface area (Å²) in [6, 6.07) is 7.59. The third-order valence-electron chi connectivity index (χ3n) is 4.33. The number of thiazole rings is 1. The molecule has 7 heteroatoms. The number of ether oxygens (including phenoxy) is 1. The van der Waals surface area contributed by atoms with Gasteiger partial charge in [-0.05, 0) is 18.4 Å². The van der Waals surface area contributed by atoms with Crippen molar-refractivity contribution in [2.75, 3.05) is 18.6 Å². The fourth-order valence-electron chi connectivity index (χ4n) is 2.94. The largest absolute Gasteiger partial charge is 0.496 e. The fraction of sp³-hybridized carbons (Fsp3) is 0.421. The normalized spacial score (nSPS) is 14.2. The Hall–Kier alpha value is -2.41. The van der Waals surface area contributed by atoms with E-state index >= 15 is 0 Å². The summed E-state index contributed by atoms with van der Waals surface area (Å²) in [7, 11) is 1.61. The predicted molar refractivity (Wildman–Crippen MR) is 102 cm³/mol. The molecule has 138 valence electrons. The molecule has 0 saturated carbocycles. The van der Waals surface area contributed by atoms with Gasteiger partial charge in [-0.1, -0.05) is 43.4 Å². The Labute approximate surface area is 157 Å². The molecular weight excluding hydrogens is 350 g/mol. The molecule has 3 rings (SSSR count). The molecule has 1 aliphatic rings. The minimum Gasteiger partial charge on any atom is -0.496 e. The average molecular weight is 373 g/mol. The number of anilines is 1. The number of methoxy groups -OCH3 is 1. The average Bonchev–Trinajstić information content (AvgIpc) is 3.26. The lowest BCUT2D eigenvalue weighted by Gasteiger charge is -2.10. The van der Waals surface area contributed by atoms with Crippen LogP contribution >= 0.6 is 11.3 Å². The van der Waals surface area contributed by atoms with Gasteiger partial charge >= 0.3 is 0 Å². The maximum atomic E-state index is 12.8. The molecule has 0 bridgehead atoms. The summed E-state index contributed by atoms with van der Waals surface area (Å²) < 4.78 is 5.32. The monoisotopic (exact) mass is 373 g/mol. The van der Waals surface area contributed by atoms with E-state index in [0.717, 1.165) is 23.4 Å². The van der Waals surface area contributed by atoms with Gasteiger partial charge in [0.1, 0.15) is 10.6 Å². The lowest BCUT2D eigenvalue weighted by Crippen LogP contribution is -2.23. The van der Waals surface area contributed by atoms with E-state index in [4.69, 9.17) is 4.74 Å². The number of nitrogens with one attached hydrogen (secondary N) is 1. The lowest BCUT2D eigenvalue weighted by atomic mass is 10.1. The zero-order chi connectivity index (χ0) is 18.7. The van der Waals surface area contributed by atoms with Gasteiger partial charge < -0.3 is 10.1 Å². The molecule has 0 aliphatic carbocycles. The first-order valence-corrected chi connectivity index (χ1v) is 9.54. The summed E-state index contributed by atoms with van der Waals surface area (Å²) in [5.74, 6) is 0.749. The number of para-hydroxylation sites is 1. The van der Waals surface area contributed by atoms with Crippen molar-refractivity contribution in [3.05, 3.63) is 40.4 Å². The highest BCUT2D eigenvalue weighted by atomic mass is 32.1. The smallest absolute Gasteiger partial charge is 0.263 e. The van der Waals surface area contributed by atoms with Crippen molar-refractivity contribution in [1.29, 1.82) is 0 Å². The summed E-state index contributed by atoms with van der Waals surface area (Å²) in [6.45, 7) is 5.05. The summed E-state index contributed by atoms with van der Waals surface area (Å²) in [5.41, 5.74) is 1.65. The van der Waals surface area contributed by atoms with Crippen LogP contribution in [-0.2, 0) is 11.3 Å². The highest BCUT2D eigenvalue weighted by molar-refractivity contribution is 7.17. The minimum atomic E-state index is -0.171. The molecule has 1 aromatic heterocycles. The van der Waals surface area contributed by atoms with E-state index in [1.807, 2.05) is 38.1 Å². The number of benzene rings is 1. The van der Waals surface area contributed by atoms with Crippen LogP contribution in [0.4, 0.5) is 5.13 Å². The maximum Gasteiger partial charge on any atom is 0.263 e. The fourth-order valence-corrected chi connectivity index (χ4v) is 4.13. The first-order valence-electron chi connectivity index (χ1n) is 8.72. The SMILES string of the molecule is COc1ccccc1CNC(=O)c1sc(N2CCCC2=O)nc1C(C)C. The molecule has 1 aromatic carbocycles. The number of rotatable bonds is 6. The number of carbonyl (C=O) groups excluding carboxylic acids is 2. The molecule has 0 spiro atoms. The van der Waals surface area contributed by atoms with E-state index in [-0.39, 0.29) is 17.7 Å². The number of carbonyl (C=O) groups is 2. The van der Waals surface area contributed by atoms with Crippen LogP contribution in [0.5, 0.6) is 5.75 Å².